The minimum Gasteiger partial charge on any atom is -0.482 e. The lowest BCUT2D eigenvalue weighted by atomic mass is 9.46. The molecular formula is C32H35NO6. The molecule has 0 bridgehead atoms. The molecule has 0 radical (unpaired) electrons. The summed E-state index contributed by atoms with van der Waals surface area (Å²) in [5, 5.41) is 12.0. The number of hydrogen-bond donors (Lipinski definition) is 1. The predicted molar refractivity (Wildman–Crippen MR) is 145 cm³/mol. The lowest BCUT2D eigenvalue weighted by Gasteiger charge is -2.63. The number of carbonyl (C=O) groups excluding carboxylic acids is 1. The summed E-state index contributed by atoms with van der Waals surface area (Å²) in [6.07, 6.45) is 5.13. The summed E-state index contributed by atoms with van der Waals surface area (Å²) in [5.41, 5.74) is 0.111. The van der Waals surface area contributed by atoms with Crippen LogP contribution in [0, 0.1) is 30.1 Å². The van der Waals surface area contributed by atoms with Gasteiger partial charge in [-0.15, -0.1) is 0 Å². The first kappa shape index (κ1) is 25.8. The Balaban J connectivity index is 1.47. The SMILES string of the molecule is Cc1ccccc1C(=O)OC1CC2C(C)CCCC2(C)C2C(O)c3c(cc(-c4cccnc4)oc3=O)OC12C. The highest BCUT2D eigenvalue weighted by molar-refractivity contribution is 5.91. The van der Waals surface area contributed by atoms with Gasteiger partial charge in [-0.3, -0.25) is 4.98 Å². The number of fused-ring (bicyclic) bond motifs is 4. The van der Waals surface area contributed by atoms with Gasteiger partial charge in [0.25, 0.3) is 0 Å². The number of aliphatic hydroxyl groups is 1. The Labute approximate surface area is 228 Å². The van der Waals surface area contributed by atoms with Crippen molar-refractivity contribution in [3.8, 4) is 17.1 Å². The topological polar surface area (TPSA) is 98.9 Å². The number of nitrogens with zero attached hydrogens (tertiary/aromatic N) is 1. The van der Waals surface area contributed by atoms with E-state index < -0.39 is 35.3 Å². The minimum absolute atomic E-state index is 0.134. The van der Waals surface area contributed by atoms with Crippen LogP contribution in [0.4, 0.5) is 0 Å². The molecule has 0 amide bonds. The number of rotatable bonds is 3. The Morgan fingerprint density at radius 2 is 1.97 bits per heavy atom. The molecule has 1 aromatic carbocycles. The van der Waals surface area contributed by atoms with Crippen molar-refractivity contribution in [3.63, 3.8) is 0 Å². The maximum absolute atomic E-state index is 13.5. The molecule has 2 aliphatic carbocycles. The van der Waals surface area contributed by atoms with Gasteiger partial charge in [0, 0.05) is 29.9 Å². The van der Waals surface area contributed by atoms with Crippen LogP contribution >= 0.6 is 0 Å². The fraction of sp³-hybridized carbons (Fsp3) is 0.469. The molecule has 3 heterocycles. The maximum atomic E-state index is 13.5. The highest BCUT2D eigenvalue weighted by atomic mass is 16.6. The first-order chi connectivity index (χ1) is 18.6. The van der Waals surface area contributed by atoms with E-state index in [0.29, 0.717) is 29.2 Å². The molecule has 6 rings (SSSR count). The van der Waals surface area contributed by atoms with Crippen LogP contribution in [0.5, 0.6) is 5.75 Å². The third-order valence-electron chi connectivity index (χ3n) is 9.80. The number of ether oxygens (including phenoxy) is 2. The molecule has 3 aromatic rings. The van der Waals surface area contributed by atoms with Crippen LogP contribution in [0.25, 0.3) is 11.3 Å². The molecule has 2 saturated carbocycles. The van der Waals surface area contributed by atoms with Crippen LogP contribution in [0.1, 0.15) is 74.0 Å². The first-order valence-corrected chi connectivity index (χ1v) is 13.9. The van der Waals surface area contributed by atoms with Gasteiger partial charge in [-0.25, -0.2) is 9.59 Å². The Kier molecular flexibility index (Phi) is 6.18. The Morgan fingerprint density at radius 1 is 1.18 bits per heavy atom. The zero-order valence-corrected chi connectivity index (χ0v) is 22.8. The molecular weight excluding hydrogens is 494 g/mol. The summed E-state index contributed by atoms with van der Waals surface area (Å²) in [7, 11) is 0. The van der Waals surface area contributed by atoms with Crippen molar-refractivity contribution >= 4 is 5.97 Å². The summed E-state index contributed by atoms with van der Waals surface area (Å²) in [6.45, 7) is 8.26. The second kappa shape index (κ2) is 9.33. The monoisotopic (exact) mass is 529 g/mol. The lowest BCUT2D eigenvalue weighted by Crippen LogP contribution is -2.68. The fourth-order valence-corrected chi connectivity index (χ4v) is 7.90. The van der Waals surface area contributed by atoms with Crippen LogP contribution in [0.3, 0.4) is 0 Å². The maximum Gasteiger partial charge on any atom is 0.345 e. The minimum atomic E-state index is -1.13. The van der Waals surface area contributed by atoms with Crippen LogP contribution < -0.4 is 10.4 Å². The number of aromatic nitrogens is 1. The van der Waals surface area contributed by atoms with E-state index in [1.807, 2.05) is 32.0 Å². The number of esters is 1. The van der Waals surface area contributed by atoms with E-state index in [9.17, 15) is 14.7 Å². The third kappa shape index (κ3) is 4.01. The molecule has 7 nitrogen and oxygen atoms in total. The van der Waals surface area contributed by atoms with Gasteiger partial charge in [-0.05, 0) is 67.7 Å². The largest absolute Gasteiger partial charge is 0.482 e. The number of pyridine rings is 1. The number of benzene rings is 1. The number of aliphatic hydroxyl groups excluding tert-OH is 1. The van der Waals surface area contributed by atoms with Gasteiger partial charge in [0.05, 0.1) is 11.7 Å². The van der Waals surface area contributed by atoms with Crippen LogP contribution in [0.2, 0.25) is 0 Å². The highest BCUT2D eigenvalue weighted by Gasteiger charge is 2.66. The van der Waals surface area contributed by atoms with E-state index in [0.717, 1.165) is 24.8 Å². The summed E-state index contributed by atoms with van der Waals surface area (Å²) >= 11 is 0. The quantitative estimate of drug-likeness (QED) is 0.423. The summed E-state index contributed by atoms with van der Waals surface area (Å²) in [4.78, 5) is 31.0. The van der Waals surface area contributed by atoms with Crippen molar-refractivity contribution in [2.75, 3.05) is 0 Å². The second-order valence-electron chi connectivity index (χ2n) is 12.1. The van der Waals surface area contributed by atoms with E-state index in [2.05, 4.69) is 18.8 Å². The molecule has 7 unspecified atom stereocenters. The lowest BCUT2D eigenvalue weighted by molar-refractivity contribution is -0.233. The van der Waals surface area contributed by atoms with Gasteiger partial charge in [-0.1, -0.05) is 44.9 Å². The van der Waals surface area contributed by atoms with Crippen molar-refractivity contribution in [2.24, 2.45) is 23.2 Å². The molecule has 2 fully saturated rings. The molecule has 7 heteroatoms. The highest BCUT2D eigenvalue weighted by Crippen LogP contribution is 2.64. The second-order valence-corrected chi connectivity index (χ2v) is 12.1. The normalized spacial score (nSPS) is 33.2. The zero-order chi connectivity index (χ0) is 27.5. The average molecular weight is 530 g/mol. The predicted octanol–water partition coefficient (Wildman–Crippen LogP) is 5.88. The van der Waals surface area contributed by atoms with Crippen molar-refractivity contribution < 1.29 is 23.8 Å². The number of carbonyl (C=O) groups is 1. The first-order valence-electron chi connectivity index (χ1n) is 13.9. The fourth-order valence-electron chi connectivity index (χ4n) is 7.90. The van der Waals surface area contributed by atoms with Crippen molar-refractivity contribution in [1.29, 1.82) is 0 Å². The van der Waals surface area contributed by atoms with E-state index in [4.69, 9.17) is 13.9 Å². The van der Waals surface area contributed by atoms with Gasteiger partial charge in [0.15, 0.2) is 0 Å². The Morgan fingerprint density at radius 3 is 2.72 bits per heavy atom. The van der Waals surface area contributed by atoms with Crippen molar-refractivity contribution in [1.82, 2.24) is 4.98 Å². The molecule has 1 aliphatic heterocycles. The zero-order valence-electron chi connectivity index (χ0n) is 22.8. The van der Waals surface area contributed by atoms with Crippen LogP contribution in [-0.2, 0) is 4.74 Å². The van der Waals surface area contributed by atoms with Gasteiger partial charge >= 0.3 is 11.6 Å². The Bertz CT molecular complexity index is 1470. The van der Waals surface area contributed by atoms with Gasteiger partial charge in [-0.2, -0.15) is 0 Å². The van der Waals surface area contributed by atoms with Gasteiger partial charge in [0.2, 0.25) is 0 Å². The summed E-state index contributed by atoms with van der Waals surface area (Å²) < 4.78 is 18.7. The Hall–Kier alpha value is -3.45. The molecule has 0 saturated heterocycles. The van der Waals surface area contributed by atoms with Gasteiger partial charge in [0.1, 0.15) is 28.8 Å². The van der Waals surface area contributed by atoms with E-state index in [1.165, 1.54) is 0 Å². The molecule has 2 aromatic heterocycles. The molecule has 39 heavy (non-hydrogen) atoms. The van der Waals surface area contributed by atoms with Gasteiger partial charge < -0.3 is 19.0 Å². The molecule has 3 aliphatic rings. The van der Waals surface area contributed by atoms with Crippen molar-refractivity contribution in [3.05, 3.63) is 82.0 Å². The van der Waals surface area contributed by atoms with Crippen LogP contribution in [0.15, 0.2) is 64.1 Å². The molecule has 7 atom stereocenters. The van der Waals surface area contributed by atoms with Crippen molar-refractivity contribution in [2.45, 2.75) is 71.2 Å². The summed E-state index contributed by atoms with van der Waals surface area (Å²) in [6, 6.07) is 12.6. The smallest absolute Gasteiger partial charge is 0.345 e. The van der Waals surface area contributed by atoms with E-state index in [-0.39, 0.29) is 22.6 Å². The van der Waals surface area contributed by atoms with Crippen LogP contribution in [-0.4, -0.2) is 27.8 Å². The standard InChI is InChI=1S/C32H35NO6/c1-18-9-5-6-12-21(18)29(35)38-25-15-22-19(2)10-7-13-31(22,3)28-27(34)26-24(39-32(25,28)4)16-23(37-30(26)36)20-11-8-14-33-17-20/h5-6,8-9,11-12,14,16-17,19,22,25,27-28,34H,7,10,13,15H2,1-4H3. The number of aryl methyl sites for hydroxylation is 1. The van der Waals surface area contributed by atoms with E-state index in [1.54, 1.807) is 36.7 Å². The molecule has 1 N–H and O–H groups in total. The third-order valence-corrected chi connectivity index (χ3v) is 9.80. The van der Waals surface area contributed by atoms with E-state index >= 15 is 0 Å². The number of hydrogen-bond acceptors (Lipinski definition) is 7. The molecule has 0 spiro atoms. The molecule has 204 valence electrons. The average Bonchev–Trinajstić information content (AvgIpc) is 2.89. The summed E-state index contributed by atoms with van der Waals surface area (Å²) in [5.74, 6) is 0.268.